The minimum absolute atomic E-state index is 0.152. The zero-order valence-corrected chi connectivity index (χ0v) is 14.5. The van der Waals surface area contributed by atoms with Gasteiger partial charge in [-0.2, -0.15) is 0 Å². The molecule has 0 unspecified atom stereocenters. The van der Waals surface area contributed by atoms with Crippen LogP contribution in [0.2, 0.25) is 5.02 Å². The molecule has 3 aromatic rings. The molecule has 0 spiro atoms. The second kappa shape index (κ2) is 6.39. The van der Waals surface area contributed by atoms with Crippen LogP contribution in [0, 0.1) is 0 Å². The lowest BCUT2D eigenvalue weighted by Gasteiger charge is -2.11. The highest BCUT2D eigenvalue weighted by atomic mass is 35.5. The third-order valence-electron chi connectivity index (χ3n) is 3.31. The van der Waals surface area contributed by atoms with E-state index in [0.717, 1.165) is 4.90 Å². The lowest BCUT2D eigenvalue weighted by Crippen LogP contribution is -2.13. The highest BCUT2D eigenvalue weighted by Crippen LogP contribution is 2.29. The summed E-state index contributed by atoms with van der Waals surface area (Å²) in [6.07, 6.45) is 3.55. The molecule has 1 N–H and O–H groups in total. The monoisotopic (exact) mass is 364 g/mol. The van der Waals surface area contributed by atoms with Gasteiger partial charge in [0.25, 0.3) is 10.0 Å². The van der Waals surface area contributed by atoms with Gasteiger partial charge in [-0.05, 0) is 54.8 Å². The lowest BCUT2D eigenvalue weighted by molar-refractivity contribution is 0.602. The number of hydrogen-bond acceptors (Lipinski definition) is 4. The largest absolute Gasteiger partial charge is 0.280 e. The predicted molar refractivity (Wildman–Crippen MR) is 95.8 cm³/mol. The SMILES string of the molecule is CSc1ccc(NS(=O)(=O)c2ccc(Cl)c3ncccc23)cc1. The first-order chi connectivity index (χ1) is 11.0. The molecule has 0 bridgehead atoms. The van der Waals surface area contributed by atoms with Gasteiger partial charge in [0, 0.05) is 22.2 Å². The molecule has 1 heterocycles. The van der Waals surface area contributed by atoms with E-state index in [2.05, 4.69) is 9.71 Å². The molecule has 0 fully saturated rings. The number of pyridine rings is 1. The van der Waals surface area contributed by atoms with Crippen molar-refractivity contribution >= 4 is 50.0 Å². The molecule has 3 rings (SSSR count). The van der Waals surface area contributed by atoms with E-state index in [-0.39, 0.29) is 4.90 Å². The third kappa shape index (κ3) is 3.29. The number of nitrogens with one attached hydrogen (secondary N) is 1. The third-order valence-corrected chi connectivity index (χ3v) is 5.80. The number of aromatic nitrogens is 1. The molecule has 0 aliphatic carbocycles. The summed E-state index contributed by atoms with van der Waals surface area (Å²) in [5.74, 6) is 0. The topological polar surface area (TPSA) is 59.1 Å². The number of anilines is 1. The van der Waals surface area contributed by atoms with E-state index in [1.165, 1.54) is 6.07 Å². The van der Waals surface area contributed by atoms with Gasteiger partial charge in [0.1, 0.15) is 0 Å². The highest BCUT2D eigenvalue weighted by Gasteiger charge is 2.19. The fraction of sp³-hybridized carbons (Fsp3) is 0.0625. The van der Waals surface area contributed by atoms with E-state index in [9.17, 15) is 8.42 Å². The fourth-order valence-electron chi connectivity index (χ4n) is 2.22. The number of fused-ring (bicyclic) bond motifs is 1. The first-order valence-electron chi connectivity index (χ1n) is 6.71. The average Bonchev–Trinajstić information content (AvgIpc) is 2.55. The van der Waals surface area contributed by atoms with Crippen LogP contribution in [0.1, 0.15) is 0 Å². The van der Waals surface area contributed by atoms with Crippen LogP contribution in [0.5, 0.6) is 0 Å². The molecule has 0 aliphatic heterocycles. The van der Waals surface area contributed by atoms with Crippen LogP contribution in [-0.4, -0.2) is 19.7 Å². The Morgan fingerprint density at radius 3 is 2.52 bits per heavy atom. The van der Waals surface area contributed by atoms with Crippen LogP contribution in [0.25, 0.3) is 10.9 Å². The average molecular weight is 365 g/mol. The van der Waals surface area contributed by atoms with Gasteiger partial charge in [-0.3, -0.25) is 9.71 Å². The molecule has 23 heavy (non-hydrogen) atoms. The van der Waals surface area contributed by atoms with Crippen molar-refractivity contribution in [3.05, 3.63) is 59.8 Å². The first-order valence-corrected chi connectivity index (χ1v) is 9.80. The number of hydrogen-bond donors (Lipinski definition) is 1. The maximum atomic E-state index is 12.7. The quantitative estimate of drug-likeness (QED) is 0.696. The number of rotatable bonds is 4. The molecule has 4 nitrogen and oxygen atoms in total. The van der Waals surface area contributed by atoms with E-state index >= 15 is 0 Å². The maximum Gasteiger partial charge on any atom is 0.262 e. The minimum Gasteiger partial charge on any atom is -0.280 e. The predicted octanol–water partition coefficient (Wildman–Crippen LogP) is 4.41. The molecule has 2 aromatic carbocycles. The molecule has 0 saturated heterocycles. The normalized spacial score (nSPS) is 11.6. The first kappa shape index (κ1) is 16.1. The molecule has 7 heteroatoms. The van der Waals surface area contributed by atoms with Crippen molar-refractivity contribution in [2.75, 3.05) is 11.0 Å². The Morgan fingerprint density at radius 2 is 1.83 bits per heavy atom. The Hall–Kier alpha value is -1.76. The maximum absolute atomic E-state index is 12.7. The second-order valence-electron chi connectivity index (χ2n) is 4.78. The standard InChI is InChI=1S/C16H13ClN2O2S2/c1-22-12-6-4-11(5-7-12)19-23(20,21)15-9-8-14(17)16-13(15)3-2-10-18-16/h2-10,19H,1H3. The van der Waals surface area contributed by atoms with Gasteiger partial charge in [0.05, 0.1) is 15.4 Å². The Kier molecular flexibility index (Phi) is 4.48. The van der Waals surface area contributed by atoms with Crippen LogP contribution in [-0.2, 0) is 10.0 Å². The van der Waals surface area contributed by atoms with Gasteiger partial charge in [-0.15, -0.1) is 11.8 Å². The summed E-state index contributed by atoms with van der Waals surface area (Å²) >= 11 is 7.69. The molecule has 0 amide bonds. The Bertz CT molecular complexity index is 957. The van der Waals surface area contributed by atoms with Gasteiger partial charge in [0.2, 0.25) is 0 Å². The van der Waals surface area contributed by atoms with E-state index in [4.69, 9.17) is 11.6 Å². The molecule has 0 saturated carbocycles. The van der Waals surface area contributed by atoms with Gasteiger partial charge < -0.3 is 0 Å². The van der Waals surface area contributed by atoms with Gasteiger partial charge in [-0.25, -0.2) is 8.42 Å². The van der Waals surface area contributed by atoms with Gasteiger partial charge in [-0.1, -0.05) is 11.6 Å². The lowest BCUT2D eigenvalue weighted by atomic mass is 10.2. The van der Waals surface area contributed by atoms with E-state index < -0.39 is 10.0 Å². The van der Waals surface area contributed by atoms with Crippen LogP contribution < -0.4 is 4.72 Å². The summed E-state index contributed by atoms with van der Waals surface area (Å²) in [4.78, 5) is 5.37. The fourth-order valence-corrected chi connectivity index (χ4v) is 4.10. The van der Waals surface area contributed by atoms with Crippen LogP contribution in [0.15, 0.2) is 64.5 Å². The zero-order valence-electron chi connectivity index (χ0n) is 12.2. The summed E-state index contributed by atoms with van der Waals surface area (Å²) in [5, 5.41) is 0.914. The smallest absolute Gasteiger partial charge is 0.262 e. The van der Waals surface area contributed by atoms with Crippen molar-refractivity contribution in [1.29, 1.82) is 0 Å². The van der Waals surface area contributed by atoms with Crippen LogP contribution in [0.3, 0.4) is 0 Å². The molecular formula is C16H13ClN2O2S2. The summed E-state index contributed by atoms with van der Waals surface area (Å²) in [6, 6.07) is 13.6. The van der Waals surface area contributed by atoms with Crippen LogP contribution >= 0.6 is 23.4 Å². The Labute approximate surface area is 143 Å². The minimum atomic E-state index is -3.73. The van der Waals surface area contributed by atoms with Crippen molar-refractivity contribution in [3.8, 4) is 0 Å². The Balaban J connectivity index is 2.04. The molecule has 0 atom stereocenters. The van der Waals surface area contributed by atoms with Gasteiger partial charge >= 0.3 is 0 Å². The van der Waals surface area contributed by atoms with Crippen molar-refractivity contribution in [1.82, 2.24) is 4.98 Å². The summed E-state index contributed by atoms with van der Waals surface area (Å²) in [5.41, 5.74) is 0.976. The molecule has 118 valence electrons. The Morgan fingerprint density at radius 1 is 1.09 bits per heavy atom. The van der Waals surface area contributed by atoms with E-state index in [1.54, 1.807) is 48.3 Å². The number of nitrogens with zero attached hydrogens (tertiary/aromatic N) is 1. The number of sulfonamides is 1. The molecular weight excluding hydrogens is 352 g/mol. The number of thioether (sulfide) groups is 1. The van der Waals surface area contributed by atoms with Crippen molar-refractivity contribution in [2.45, 2.75) is 9.79 Å². The van der Waals surface area contributed by atoms with E-state index in [1.807, 2.05) is 18.4 Å². The van der Waals surface area contributed by atoms with E-state index in [0.29, 0.717) is 21.6 Å². The summed E-state index contributed by atoms with van der Waals surface area (Å²) < 4.78 is 28.0. The number of halogens is 1. The van der Waals surface area contributed by atoms with Crippen molar-refractivity contribution in [2.24, 2.45) is 0 Å². The van der Waals surface area contributed by atoms with Crippen LogP contribution in [0.4, 0.5) is 5.69 Å². The van der Waals surface area contributed by atoms with Crippen molar-refractivity contribution < 1.29 is 8.42 Å². The molecule has 1 aromatic heterocycles. The second-order valence-corrected chi connectivity index (χ2v) is 7.72. The van der Waals surface area contributed by atoms with Crippen molar-refractivity contribution in [3.63, 3.8) is 0 Å². The van der Waals surface area contributed by atoms with Gasteiger partial charge in [0.15, 0.2) is 0 Å². The number of benzene rings is 2. The summed E-state index contributed by atoms with van der Waals surface area (Å²) in [7, 11) is -3.73. The highest BCUT2D eigenvalue weighted by molar-refractivity contribution is 7.98. The molecule has 0 radical (unpaired) electrons. The zero-order chi connectivity index (χ0) is 16.4. The summed E-state index contributed by atoms with van der Waals surface area (Å²) in [6.45, 7) is 0. The molecule has 0 aliphatic rings.